The Bertz CT molecular complexity index is 1580. The highest BCUT2D eigenvalue weighted by Crippen LogP contribution is 2.25. The minimum absolute atomic E-state index is 0.0516. The Labute approximate surface area is 221 Å². The molecule has 2 N–H and O–H groups in total. The van der Waals surface area contributed by atoms with Crippen molar-refractivity contribution in [3.05, 3.63) is 128 Å². The average molecular weight is 547 g/mol. The monoisotopic (exact) mass is 546 g/mol. The maximum atomic E-state index is 13.0. The average Bonchev–Trinajstić information content (AvgIpc) is 2.93. The van der Waals surface area contributed by atoms with Gasteiger partial charge in [0.15, 0.2) is 0 Å². The summed E-state index contributed by atoms with van der Waals surface area (Å²) in [5, 5.41) is 26.9. The van der Waals surface area contributed by atoms with Crippen molar-refractivity contribution < 1.29 is 27.9 Å². The summed E-state index contributed by atoms with van der Waals surface area (Å²) in [5.41, 5.74) is 0.226. The molecule has 4 aromatic carbocycles. The lowest BCUT2D eigenvalue weighted by molar-refractivity contribution is -0.385. The molecule has 0 saturated carbocycles. The number of anilines is 2. The van der Waals surface area contributed by atoms with E-state index in [9.17, 15) is 38.2 Å². The van der Waals surface area contributed by atoms with Crippen LogP contribution in [0.2, 0.25) is 0 Å². The molecule has 2 amide bonds. The fraction of sp³-hybridized carbons (Fsp3) is 0. The molecule has 12 nitrogen and oxygen atoms in total. The Morgan fingerprint density at radius 2 is 0.949 bits per heavy atom. The number of benzene rings is 4. The van der Waals surface area contributed by atoms with Crippen LogP contribution in [0.15, 0.2) is 107 Å². The Balaban J connectivity index is 1.44. The highest BCUT2D eigenvalue weighted by molar-refractivity contribution is 7.91. The van der Waals surface area contributed by atoms with Crippen molar-refractivity contribution >= 4 is 44.4 Å². The highest BCUT2D eigenvalue weighted by atomic mass is 32.2. The number of sulfone groups is 1. The molecule has 0 spiro atoms. The highest BCUT2D eigenvalue weighted by Gasteiger charge is 2.19. The predicted octanol–water partition coefficient (Wildman–Crippen LogP) is 4.84. The first kappa shape index (κ1) is 26.6. The van der Waals surface area contributed by atoms with Gasteiger partial charge in [-0.3, -0.25) is 29.8 Å². The first-order chi connectivity index (χ1) is 18.5. The van der Waals surface area contributed by atoms with E-state index in [0.717, 1.165) is 12.1 Å². The van der Waals surface area contributed by atoms with Crippen molar-refractivity contribution in [2.45, 2.75) is 9.79 Å². The second-order valence-corrected chi connectivity index (χ2v) is 10.0. The molecular formula is C26H18N4O8S. The second kappa shape index (κ2) is 10.9. The number of rotatable bonds is 8. The number of nitro groups is 2. The standard InChI is InChI=1S/C26H18N4O8S/c31-25(17-3-1-5-21(15-17)29(33)34)27-19-7-11-23(12-8-19)39(37,38)24-13-9-20(10-14-24)28-26(32)18-4-2-6-22(16-18)30(35)36/h1-16H,(H,27,31)(H,28,32). The van der Waals surface area contributed by atoms with E-state index in [1.165, 1.54) is 84.9 Å². The van der Waals surface area contributed by atoms with Gasteiger partial charge >= 0.3 is 0 Å². The minimum atomic E-state index is -3.94. The Morgan fingerprint density at radius 3 is 1.28 bits per heavy atom. The van der Waals surface area contributed by atoms with Crippen LogP contribution in [0.5, 0.6) is 0 Å². The number of nitrogens with zero attached hydrogens (tertiary/aromatic N) is 2. The van der Waals surface area contributed by atoms with Gasteiger partial charge in [-0.2, -0.15) is 0 Å². The number of carbonyl (C=O) groups is 2. The number of amides is 2. The van der Waals surface area contributed by atoms with E-state index < -0.39 is 31.5 Å². The fourth-order valence-electron chi connectivity index (χ4n) is 3.50. The third-order valence-corrected chi connectivity index (χ3v) is 7.27. The molecule has 0 aliphatic carbocycles. The van der Waals surface area contributed by atoms with E-state index >= 15 is 0 Å². The van der Waals surface area contributed by atoms with Gasteiger partial charge in [0.1, 0.15) is 0 Å². The number of nitro benzene ring substituents is 2. The van der Waals surface area contributed by atoms with Crippen molar-refractivity contribution in [1.82, 2.24) is 0 Å². The van der Waals surface area contributed by atoms with Crippen LogP contribution >= 0.6 is 0 Å². The summed E-state index contributed by atoms with van der Waals surface area (Å²) in [7, 11) is -3.94. The van der Waals surface area contributed by atoms with Gasteiger partial charge in [-0.25, -0.2) is 8.42 Å². The number of hydrogen-bond acceptors (Lipinski definition) is 8. The number of non-ortho nitro benzene ring substituents is 2. The summed E-state index contributed by atoms with van der Waals surface area (Å²) in [6, 6.07) is 21.1. The Hall–Kier alpha value is -5.43. The zero-order chi connectivity index (χ0) is 28.2. The van der Waals surface area contributed by atoms with Gasteiger partial charge in [0.2, 0.25) is 9.84 Å². The molecule has 196 valence electrons. The molecule has 0 aliphatic rings. The molecule has 0 fully saturated rings. The largest absolute Gasteiger partial charge is 0.322 e. The molecular weight excluding hydrogens is 528 g/mol. The second-order valence-electron chi connectivity index (χ2n) is 8.08. The van der Waals surface area contributed by atoms with Crippen LogP contribution in [-0.2, 0) is 9.84 Å². The van der Waals surface area contributed by atoms with E-state index in [4.69, 9.17) is 0 Å². The molecule has 0 aliphatic heterocycles. The molecule has 0 unspecified atom stereocenters. The van der Waals surface area contributed by atoms with Gasteiger partial charge < -0.3 is 10.6 Å². The Kier molecular flexibility index (Phi) is 7.44. The third kappa shape index (κ3) is 6.11. The maximum Gasteiger partial charge on any atom is 0.270 e. The van der Waals surface area contributed by atoms with E-state index in [0.29, 0.717) is 0 Å². The number of hydrogen-bond donors (Lipinski definition) is 2. The van der Waals surface area contributed by atoms with Gasteiger partial charge in [0, 0.05) is 46.8 Å². The molecule has 0 radical (unpaired) electrons. The van der Waals surface area contributed by atoms with Crippen LogP contribution in [0.25, 0.3) is 0 Å². The summed E-state index contributed by atoms with van der Waals surface area (Å²) in [5.74, 6) is -1.20. The molecule has 0 saturated heterocycles. The molecule has 0 heterocycles. The number of carbonyl (C=O) groups excluding carboxylic acids is 2. The van der Waals surface area contributed by atoms with Crippen LogP contribution in [0.4, 0.5) is 22.7 Å². The summed E-state index contributed by atoms with van der Waals surface area (Å²) >= 11 is 0. The summed E-state index contributed by atoms with van der Waals surface area (Å²) in [4.78, 5) is 45.3. The van der Waals surface area contributed by atoms with Crippen molar-refractivity contribution in [3.63, 3.8) is 0 Å². The lowest BCUT2D eigenvalue weighted by Gasteiger charge is -2.09. The van der Waals surface area contributed by atoms with Crippen molar-refractivity contribution in [2.24, 2.45) is 0 Å². The van der Waals surface area contributed by atoms with Crippen molar-refractivity contribution in [3.8, 4) is 0 Å². The van der Waals surface area contributed by atoms with Gasteiger partial charge in [-0.1, -0.05) is 12.1 Å². The lowest BCUT2D eigenvalue weighted by atomic mass is 10.2. The molecule has 4 aromatic rings. The minimum Gasteiger partial charge on any atom is -0.322 e. The van der Waals surface area contributed by atoms with E-state index in [1.54, 1.807) is 0 Å². The van der Waals surface area contributed by atoms with Crippen LogP contribution < -0.4 is 10.6 Å². The number of nitrogens with one attached hydrogen (secondary N) is 2. The van der Waals surface area contributed by atoms with E-state index in [1.807, 2.05) is 0 Å². The van der Waals surface area contributed by atoms with Crippen LogP contribution in [0.3, 0.4) is 0 Å². The quantitative estimate of drug-likeness (QED) is 0.233. The topological polar surface area (TPSA) is 179 Å². The van der Waals surface area contributed by atoms with E-state index in [2.05, 4.69) is 10.6 Å². The zero-order valence-corrected chi connectivity index (χ0v) is 20.6. The fourth-order valence-corrected chi connectivity index (χ4v) is 4.76. The lowest BCUT2D eigenvalue weighted by Crippen LogP contribution is -2.12. The SMILES string of the molecule is O=C(Nc1ccc(S(=O)(=O)c2ccc(NC(=O)c3cccc([N+](=O)[O-])c3)cc2)cc1)c1cccc([N+](=O)[O-])c1. The van der Waals surface area contributed by atoms with Gasteiger partial charge in [-0.05, 0) is 60.7 Å². The molecule has 0 aromatic heterocycles. The van der Waals surface area contributed by atoms with Crippen LogP contribution in [0.1, 0.15) is 20.7 Å². The molecule has 13 heteroatoms. The third-order valence-electron chi connectivity index (χ3n) is 5.48. The van der Waals surface area contributed by atoms with Gasteiger partial charge in [-0.15, -0.1) is 0 Å². The Morgan fingerprint density at radius 1 is 0.590 bits per heavy atom. The predicted molar refractivity (Wildman–Crippen MR) is 140 cm³/mol. The van der Waals surface area contributed by atoms with Gasteiger partial charge in [0.05, 0.1) is 19.6 Å². The molecule has 0 atom stereocenters. The zero-order valence-electron chi connectivity index (χ0n) is 19.8. The molecule has 0 bridgehead atoms. The first-order valence-electron chi connectivity index (χ1n) is 11.1. The van der Waals surface area contributed by atoms with Gasteiger partial charge in [0.25, 0.3) is 23.2 Å². The summed E-state index contributed by atoms with van der Waals surface area (Å²) < 4.78 is 26.1. The summed E-state index contributed by atoms with van der Waals surface area (Å²) in [6.45, 7) is 0. The smallest absolute Gasteiger partial charge is 0.270 e. The summed E-state index contributed by atoms with van der Waals surface area (Å²) in [6.07, 6.45) is 0. The van der Waals surface area contributed by atoms with Crippen LogP contribution in [-0.4, -0.2) is 30.1 Å². The maximum absolute atomic E-state index is 13.0. The first-order valence-corrected chi connectivity index (χ1v) is 12.6. The molecule has 39 heavy (non-hydrogen) atoms. The van der Waals surface area contributed by atoms with Crippen molar-refractivity contribution in [2.75, 3.05) is 10.6 Å². The normalized spacial score (nSPS) is 10.9. The van der Waals surface area contributed by atoms with E-state index in [-0.39, 0.29) is 43.7 Å². The molecule has 4 rings (SSSR count). The van der Waals surface area contributed by atoms with Crippen LogP contribution in [0, 0.1) is 20.2 Å². The van der Waals surface area contributed by atoms with Crippen molar-refractivity contribution in [1.29, 1.82) is 0 Å².